The van der Waals surface area contributed by atoms with Crippen LogP contribution in [0.1, 0.15) is 44.9 Å². The fourth-order valence-corrected chi connectivity index (χ4v) is 5.31. The van der Waals surface area contributed by atoms with Gasteiger partial charge in [-0.1, -0.05) is 6.42 Å². The fraction of sp³-hybridized carbons (Fsp3) is 1.00. The Kier molecular flexibility index (Phi) is 3.98. The minimum Gasteiger partial charge on any atom is -0.317 e. The molecule has 3 saturated heterocycles. The van der Waals surface area contributed by atoms with Crippen molar-refractivity contribution in [3.8, 4) is 0 Å². The number of piperidine rings is 2. The average Bonchev–Trinajstić information content (AvgIpc) is 2.81. The second-order valence-electron chi connectivity index (χ2n) is 6.03. The number of nitrogens with zero attached hydrogens (tertiary/aromatic N) is 1. The largest absolute Gasteiger partial charge is 0.317 e. The summed E-state index contributed by atoms with van der Waals surface area (Å²) in [6.07, 6.45) is 10.1. The molecule has 0 aromatic heterocycles. The van der Waals surface area contributed by atoms with Crippen LogP contribution in [-0.2, 0) is 0 Å². The van der Waals surface area contributed by atoms with E-state index in [0.717, 1.165) is 23.4 Å². The predicted molar refractivity (Wildman–Crippen MR) is 75.7 cm³/mol. The Morgan fingerprint density at radius 1 is 1.12 bits per heavy atom. The molecule has 2 bridgehead atoms. The summed E-state index contributed by atoms with van der Waals surface area (Å²) in [5.41, 5.74) is 0. The molecule has 3 fully saturated rings. The van der Waals surface area contributed by atoms with Gasteiger partial charge in [-0.3, -0.25) is 4.90 Å². The Balaban J connectivity index is 1.63. The Bertz CT molecular complexity index is 239. The molecule has 1 N–H and O–H groups in total. The van der Waals surface area contributed by atoms with E-state index in [1.807, 2.05) is 0 Å². The standard InChI is InChI=1S/C14H26N2S/c1-15-11-8-12-4-2-5-13(9-11)16(12)10-14-6-3-7-17-14/h11-15H,2-10H2,1H3. The third-order valence-electron chi connectivity index (χ3n) is 4.97. The Morgan fingerprint density at radius 2 is 1.88 bits per heavy atom. The highest BCUT2D eigenvalue weighted by molar-refractivity contribution is 8.00. The second kappa shape index (κ2) is 5.50. The van der Waals surface area contributed by atoms with Gasteiger partial charge in [0.25, 0.3) is 0 Å². The molecule has 0 spiro atoms. The van der Waals surface area contributed by atoms with Crippen LogP contribution in [0.15, 0.2) is 0 Å². The van der Waals surface area contributed by atoms with Crippen molar-refractivity contribution in [2.45, 2.75) is 68.3 Å². The number of nitrogens with one attached hydrogen (secondary N) is 1. The van der Waals surface area contributed by atoms with E-state index < -0.39 is 0 Å². The van der Waals surface area contributed by atoms with Gasteiger partial charge < -0.3 is 5.32 Å². The van der Waals surface area contributed by atoms with Crippen LogP contribution < -0.4 is 5.32 Å². The minimum absolute atomic E-state index is 0.790. The molecule has 0 aromatic rings. The van der Waals surface area contributed by atoms with E-state index >= 15 is 0 Å². The summed E-state index contributed by atoms with van der Waals surface area (Å²) in [6.45, 7) is 1.39. The molecule has 98 valence electrons. The quantitative estimate of drug-likeness (QED) is 0.833. The van der Waals surface area contributed by atoms with E-state index in [1.54, 1.807) is 0 Å². The zero-order valence-electron chi connectivity index (χ0n) is 11.0. The number of hydrogen-bond acceptors (Lipinski definition) is 3. The number of hydrogen-bond donors (Lipinski definition) is 1. The lowest BCUT2D eigenvalue weighted by molar-refractivity contribution is 0.0264. The van der Waals surface area contributed by atoms with Crippen molar-refractivity contribution in [2.24, 2.45) is 0 Å². The molecule has 3 heterocycles. The monoisotopic (exact) mass is 254 g/mol. The molecule has 3 unspecified atom stereocenters. The van der Waals surface area contributed by atoms with Crippen LogP contribution in [0.4, 0.5) is 0 Å². The van der Waals surface area contributed by atoms with Gasteiger partial charge in [0.2, 0.25) is 0 Å². The van der Waals surface area contributed by atoms with Crippen LogP contribution in [0.3, 0.4) is 0 Å². The molecular weight excluding hydrogens is 228 g/mol. The molecule has 0 amide bonds. The van der Waals surface area contributed by atoms with Gasteiger partial charge >= 0.3 is 0 Å². The van der Waals surface area contributed by atoms with Crippen molar-refractivity contribution in [3.63, 3.8) is 0 Å². The van der Waals surface area contributed by atoms with Gasteiger partial charge in [0, 0.05) is 29.9 Å². The molecule has 0 saturated carbocycles. The number of thioether (sulfide) groups is 1. The summed E-state index contributed by atoms with van der Waals surface area (Å²) in [5.74, 6) is 1.41. The van der Waals surface area contributed by atoms with Gasteiger partial charge in [-0.05, 0) is 51.3 Å². The lowest BCUT2D eigenvalue weighted by Crippen LogP contribution is -2.57. The molecule has 3 atom stereocenters. The molecule has 0 aliphatic carbocycles. The molecule has 0 radical (unpaired) electrons. The SMILES string of the molecule is CNC1CC2CCCC(C1)N2CC1CCCS1. The summed E-state index contributed by atoms with van der Waals surface area (Å²) >= 11 is 2.22. The lowest BCUT2D eigenvalue weighted by atomic mass is 9.81. The summed E-state index contributed by atoms with van der Waals surface area (Å²) in [4.78, 5) is 2.89. The summed E-state index contributed by atoms with van der Waals surface area (Å²) in [5, 5.41) is 4.46. The summed E-state index contributed by atoms with van der Waals surface area (Å²) in [6, 6.07) is 2.57. The normalized spacial score (nSPS) is 42.9. The predicted octanol–water partition coefficient (Wildman–Crippen LogP) is 2.49. The first-order valence-electron chi connectivity index (χ1n) is 7.41. The zero-order chi connectivity index (χ0) is 11.7. The maximum atomic E-state index is 3.51. The number of fused-ring (bicyclic) bond motifs is 2. The van der Waals surface area contributed by atoms with Gasteiger partial charge in [-0.25, -0.2) is 0 Å². The Hall–Kier alpha value is 0.270. The molecule has 3 aliphatic heterocycles. The van der Waals surface area contributed by atoms with E-state index in [9.17, 15) is 0 Å². The first-order chi connectivity index (χ1) is 8.36. The van der Waals surface area contributed by atoms with E-state index in [1.165, 1.54) is 57.2 Å². The first-order valence-corrected chi connectivity index (χ1v) is 8.46. The molecular formula is C14H26N2S. The average molecular weight is 254 g/mol. The van der Waals surface area contributed by atoms with Crippen molar-refractivity contribution in [1.82, 2.24) is 10.2 Å². The third kappa shape index (κ3) is 2.66. The molecule has 0 aromatic carbocycles. The van der Waals surface area contributed by atoms with Crippen LogP contribution >= 0.6 is 11.8 Å². The van der Waals surface area contributed by atoms with Crippen LogP contribution in [-0.4, -0.2) is 47.6 Å². The fourth-order valence-electron chi connectivity index (χ4n) is 4.04. The smallest absolute Gasteiger partial charge is 0.0175 e. The highest BCUT2D eigenvalue weighted by Gasteiger charge is 2.38. The van der Waals surface area contributed by atoms with Gasteiger partial charge in [0.15, 0.2) is 0 Å². The minimum atomic E-state index is 0.790. The molecule has 3 rings (SSSR count). The topological polar surface area (TPSA) is 15.3 Å². The van der Waals surface area contributed by atoms with Crippen LogP contribution in [0, 0.1) is 0 Å². The highest BCUT2D eigenvalue weighted by Crippen LogP contribution is 2.36. The maximum Gasteiger partial charge on any atom is 0.0175 e. The lowest BCUT2D eigenvalue weighted by Gasteiger charge is -2.49. The van der Waals surface area contributed by atoms with Gasteiger partial charge in [0.05, 0.1) is 0 Å². The third-order valence-corrected chi connectivity index (χ3v) is 6.35. The van der Waals surface area contributed by atoms with Gasteiger partial charge in [-0.15, -0.1) is 0 Å². The van der Waals surface area contributed by atoms with E-state index in [2.05, 4.69) is 29.0 Å². The molecule has 3 heteroatoms. The molecule has 17 heavy (non-hydrogen) atoms. The molecule has 3 aliphatic rings. The second-order valence-corrected chi connectivity index (χ2v) is 7.44. The van der Waals surface area contributed by atoms with Crippen molar-refractivity contribution < 1.29 is 0 Å². The van der Waals surface area contributed by atoms with E-state index in [-0.39, 0.29) is 0 Å². The number of rotatable bonds is 3. The van der Waals surface area contributed by atoms with Crippen molar-refractivity contribution in [2.75, 3.05) is 19.3 Å². The van der Waals surface area contributed by atoms with Crippen LogP contribution in [0.5, 0.6) is 0 Å². The van der Waals surface area contributed by atoms with Gasteiger partial charge in [-0.2, -0.15) is 11.8 Å². The Morgan fingerprint density at radius 3 is 2.47 bits per heavy atom. The van der Waals surface area contributed by atoms with Crippen LogP contribution in [0.2, 0.25) is 0 Å². The van der Waals surface area contributed by atoms with Gasteiger partial charge in [0.1, 0.15) is 0 Å². The van der Waals surface area contributed by atoms with Crippen molar-refractivity contribution >= 4 is 11.8 Å². The van der Waals surface area contributed by atoms with Crippen LogP contribution in [0.25, 0.3) is 0 Å². The van der Waals surface area contributed by atoms with Crippen molar-refractivity contribution in [3.05, 3.63) is 0 Å². The van der Waals surface area contributed by atoms with E-state index in [4.69, 9.17) is 0 Å². The Labute approximate surface area is 110 Å². The zero-order valence-corrected chi connectivity index (χ0v) is 11.8. The van der Waals surface area contributed by atoms with Crippen molar-refractivity contribution in [1.29, 1.82) is 0 Å². The first kappa shape index (κ1) is 12.3. The molecule has 2 nitrogen and oxygen atoms in total. The summed E-state index contributed by atoms with van der Waals surface area (Å²) in [7, 11) is 2.14. The summed E-state index contributed by atoms with van der Waals surface area (Å²) < 4.78 is 0. The highest BCUT2D eigenvalue weighted by atomic mass is 32.2. The van der Waals surface area contributed by atoms with E-state index in [0.29, 0.717) is 0 Å². The maximum absolute atomic E-state index is 3.51.